The molecule has 1 aromatic heterocycles. The van der Waals surface area contributed by atoms with Gasteiger partial charge in [0, 0.05) is 36.8 Å². The molecule has 1 unspecified atom stereocenters. The van der Waals surface area contributed by atoms with E-state index >= 15 is 0 Å². The minimum absolute atomic E-state index is 0.0588. The van der Waals surface area contributed by atoms with Crippen LogP contribution in [0.4, 0.5) is 11.6 Å². The molecule has 27 heavy (non-hydrogen) atoms. The number of hydrogen-bond donors (Lipinski definition) is 2. The minimum Gasteiger partial charge on any atom is -0.396 e. The van der Waals surface area contributed by atoms with Gasteiger partial charge < -0.3 is 15.3 Å². The van der Waals surface area contributed by atoms with Crippen LogP contribution in [0.15, 0.2) is 24.3 Å². The molecule has 144 valence electrons. The molecule has 1 amide bonds. The molecule has 3 rings (SSSR count). The topological polar surface area (TPSA) is 78.4 Å². The van der Waals surface area contributed by atoms with Crippen molar-refractivity contribution in [2.24, 2.45) is 5.92 Å². The van der Waals surface area contributed by atoms with Gasteiger partial charge in [-0.05, 0) is 63.3 Å². The molecular formula is C20H25ClN4O2. The zero-order valence-electron chi connectivity index (χ0n) is 15.7. The molecule has 1 aromatic carbocycles. The first-order valence-electron chi connectivity index (χ1n) is 9.25. The summed E-state index contributed by atoms with van der Waals surface area (Å²) in [6.07, 6.45) is 2.69. The summed E-state index contributed by atoms with van der Waals surface area (Å²) in [6, 6.07) is 7.20. The molecular weight excluding hydrogens is 364 g/mol. The quantitative estimate of drug-likeness (QED) is 0.788. The van der Waals surface area contributed by atoms with E-state index in [9.17, 15) is 4.79 Å². The number of carbonyl (C=O) groups is 1. The normalized spacial score (nSPS) is 16.6. The second kappa shape index (κ2) is 8.67. The number of rotatable bonds is 6. The minimum atomic E-state index is -0.0588. The maximum atomic E-state index is 12.9. The first-order valence-corrected chi connectivity index (χ1v) is 9.63. The van der Waals surface area contributed by atoms with Gasteiger partial charge in [-0.25, -0.2) is 9.97 Å². The lowest BCUT2D eigenvalue weighted by Gasteiger charge is -2.18. The number of aliphatic hydroxyl groups excluding tert-OH is 1. The Morgan fingerprint density at radius 2 is 2.04 bits per heavy atom. The number of hydrogen-bond acceptors (Lipinski definition) is 5. The maximum Gasteiger partial charge on any atom is 0.255 e. The van der Waals surface area contributed by atoms with Crippen LogP contribution in [0.5, 0.6) is 0 Å². The van der Waals surface area contributed by atoms with Crippen molar-refractivity contribution < 1.29 is 9.90 Å². The molecule has 0 bridgehead atoms. The molecule has 1 aliphatic heterocycles. The van der Waals surface area contributed by atoms with Gasteiger partial charge in [0.25, 0.3) is 5.91 Å². The van der Waals surface area contributed by atoms with Crippen LogP contribution in [-0.4, -0.2) is 45.6 Å². The van der Waals surface area contributed by atoms with Gasteiger partial charge in [-0.3, -0.25) is 4.79 Å². The zero-order valence-corrected chi connectivity index (χ0v) is 16.5. The highest BCUT2D eigenvalue weighted by Gasteiger charge is 2.27. The molecule has 2 heterocycles. The van der Waals surface area contributed by atoms with Gasteiger partial charge in [-0.2, -0.15) is 0 Å². The van der Waals surface area contributed by atoms with Crippen molar-refractivity contribution in [1.29, 1.82) is 0 Å². The molecule has 0 aliphatic carbocycles. The Kier molecular flexibility index (Phi) is 6.29. The Balaban J connectivity index is 1.74. The number of amides is 1. The lowest BCUT2D eigenvalue weighted by atomic mass is 10.0. The van der Waals surface area contributed by atoms with E-state index in [1.165, 1.54) is 0 Å². The highest BCUT2D eigenvalue weighted by atomic mass is 35.5. The van der Waals surface area contributed by atoms with Crippen molar-refractivity contribution in [2.75, 3.05) is 25.0 Å². The van der Waals surface area contributed by atoms with E-state index in [1.54, 1.807) is 12.1 Å². The van der Waals surface area contributed by atoms with Gasteiger partial charge in [0.05, 0.1) is 10.6 Å². The highest BCUT2D eigenvalue weighted by molar-refractivity contribution is 6.34. The van der Waals surface area contributed by atoms with E-state index in [0.29, 0.717) is 29.0 Å². The van der Waals surface area contributed by atoms with Gasteiger partial charge in [-0.1, -0.05) is 11.6 Å². The van der Waals surface area contributed by atoms with Crippen LogP contribution in [0.25, 0.3) is 0 Å². The smallest absolute Gasteiger partial charge is 0.255 e. The van der Waals surface area contributed by atoms with Gasteiger partial charge in [0.2, 0.25) is 5.95 Å². The number of aromatic nitrogens is 2. The van der Waals surface area contributed by atoms with Crippen molar-refractivity contribution in [3.63, 3.8) is 0 Å². The summed E-state index contributed by atoms with van der Waals surface area (Å²) in [5.41, 5.74) is 2.96. The number of likely N-dealkylation sites (tertiary alicyclic amines) is 1. The standard InChI is InChI=1S/C20H25ClN4O2/c1-13-10-14(2)23-20(22-13)24-16-5-6-18(21)17(11-16)19(27)25-8-7-15(12-25)4-3-9-26/h5-6,10-11,15,26H,3-4,7-9,12H2,1-2H3,(H,22,23,24). The van der Waals surface area contributed by atoms with Gasteiger partial charge in [0.1, 0.15) is 0 Å². The Hall–Kier alpha value is -2.18. The fourth-order valence-electron chi connectivity index (χ4n) is 3.48. The predicted molar refractivity (Wildman–Crippen MR) is 107 cm³/mol. The Bertz CT molecular complexity index is 807. The Morgan fingerprint density at radius 3 is 2.74 bits per heavy atom. The lowest BCUT2D eigenvalue weighted by Crippen LogP contribution is -2.29. The van der Waals surface area contributed by atoms with E-state index < -0.39 is 0 Å². The first-order chi connectivity index (χ1) is 13.0. The molecule has 1 aliphatic rings. The average Bonchev–Trinajstić information content (AvgIpc) is 3.09. The molecule has 7 heteroatoms. The van der Waals surface area contributed by atoms with Crippen LogP contribution < -0.4 is 5.32 Å². The molecule has 0 spiro atoms. The fourth-order valence-corrected chi connectivity index (χ4v) is 3.68. The Morgan fingerprint density at radius 1 is 1.30 bits per heavy atom. The van der Waals surface area contributed by atoms with Crippen molar-refractivity contribution >= 4 is 29.1 Å². The summed E-state index contributed by atoms with van der Waals surface area (Å²) in [4.78, 5) is 23.5. The van der Waals surface area contributed by atoms with Crippen LogP contribution in [-0.2, 0) is 0 Å². The average molecular weight is 389 g/mol. The van der Waals surface area contributed by atoms with Gasteiger partial charge in [0.15, 0.2) is 0 Å². The Labute approximate surface area is 164 Å². The van der Waals surface area contributed by atoms with Crippen molar-refractivity contribution in [3.8, 4) is 0 Å². The first kappa shape index (κ1) is 19.6. The molecule has 2 N–H and O–H groups in total. The molecule has 0 saturated carbocycles. The number of halogens is 1. The fraction of sp³-hybridized carbons (Fsp3) is 0.450. The van der Waals surface area contributed by atoms with E-state index in [2.05, 4.69) is 15.3 Å². The summed E-state index contributed by atoms with van der Waals surface area (Å²) < 4.78 is 0. The van der Waals surface area contributed by atoms with Crippen molar-refractivity contribution in [1.82, 2.24) is 14.9 Å². The van der Waals surface area contributed by atoms with Crippen LogP contribution >= 0.6 is 11.6 Å². The number of carbonyl (C=O) groups excluding carboxylic acids is 1. The maximum absolute atomic E-state index is 12.9. The third kappa shape index (κ3) is 4.96. The molecule has 1 saturated heterocycles. The van der Waals surface area contributed by atoms with Crippen LogP contribution in [0.3, 0.4) is 0 Å². The SMILES string of the molecule is Cc1cc(C)nc(Nc2ccc(Cl)c(C(=O)N3CCC(CCCO)C3)c2)n1. The molecule has 2 aromatic rings. The molecule has 1 atom stereocenters. The van der Waals surface area contributed by atoms with E-state index in [-0.39, 0.29) is 12.5 Å². The second-order valence-corrected chi connectivity index (χ2v) is 7.47. The van der Waals surface area contributed by atoms with Crippen molar-refractivity contribution in [2.45, 2.75) is 33.1 Å². The lowest BCUT2D eigenvalue weighted by molar-refractivity contribution is 0.0786. The van der Waals surface area contributed by atoms with Crippen LogP contribution in [0.2, 0.25) is 5.02 Å². The van der Waals surface area contributed by atoms with E-state index in [0.717, 1.165) is 42.9 Å². The van der Waals surface area contributed by atoms with Gasteiger partial charge >= 0.3 is 0 Å². The summed E-state index contributed by atoms with van der Waals surface area (Å²) in [5.74, 6) is 0.889. The number of nitrogens with zero attached hydrogens (tertiary/aromatic N) is 3. The number of anilines is 2. The van der Waals surface area contributed by atoms with Crippen LogP contribution in [0, 0.1) is 19.8 Å². The van der Waals surface area contributed by atoms with E-state index in [4.69, 9.17) is 16.7 Å². The van der Waals surface area contributed by atoms with E-state index in [1.807, 2.05) is 30.9 Å². The third-order valence-electron chi connectivity index (χ3n) is 4.78. The number of aliphatic hydroxyl groups is 1. The molecule has 0 radical (unpaired) electrons. The third-order valence-corrected chi connectivity index (χ3v) is 5.11. The monoisotopic (exact) mass is 388 g/mol. The molecule has 1 fully saturated rings. The number of aryl methyl sites for hydroxylation is 2. The predicted octanol–water partition coefficient (Wildman–Crippen LogP) is 3.73. The van der Waals surface area contributed by atoms with Gasteiger partial charge in [-0.15, -0.1) is 0 Å². The highest BCUT2D eigenvalue weighted by Crippen LogP contribution is 2.27. The number of benzene rings is 1. The summed E-state index contributed by atoms with van der Waals surface area (Å²) in [5, 5.41) is 12.6. The summed E-state index contributed by atoms with van der Waals surface area (Å²) >= 11 is 6.30. The zero-order chi connectivity index (χ0) is 19.4. The second-order valence-electron chi connectivity index (χ2n) is 7.07. The van der Waals surface area contributed by atoms with Crippen LogP contribution in [0.1, 0.15) is 41.0 Å². The molecule has 6 nitrogen and oxygen atoms in total. The van der Waals surface area contributed by atoms with Crippen molar-refractivity contribution in [3.05, 3.63) is 46.2 Å². The number of nitrogens with one attached hydrogen (secondary N) is 1. The largest absolute Gasteiger partial charge is 0.396 e. The summed E-state index contributed by atoms with van der Waals surface area (Å²) in [7, 11) is 0. The summed E-state index contributed by atoms with van der Waals surface area (Å²) in [6.45, 7) is 5.47.